The van der Waals surface area contributed by atoms with Crippen molar-refractivity contribution < 1.29 is 4.79 Å². The van der Waals surface area contributed by atoms with Crippen LogP contribution in [0.15, 0.2) is 24.4 Å². The van der Waals surface area contributed by atoms with Crippen LogP contribution in [0.4, 0.5) is 0 Å². The first-order valence-corrected chi connectivity index (χ1v) is 6.99. The van der Waals surface area contributed by atoms with Crippen molar-refractivity contribution in [2.24, 2.45) is 0 Å². The third-order valence-corrected chi connectivity index (χ3v) is 4.31. The van der Waals surface area contributed by atoms with Crippen molar-refractivity contribution in [2.75, 3.05) is 0 Å². The molecule has 1 aliphatic rings. The summed E-state index contributed by atoms with van der Waals surface area (Å²) in [5, 5.41) is 7.27. The number of nitrogens with zero attached hydrogens (tertiary/aromatic N) is 2. The highest BCUT2D eigenvalue weighted by atomic mass is 35.5. The molecule has 0 radical (unpaired) electrons. The molecule has 6 heteroatoms. The molecule has 2 aromatic rings. The SMILES string of the molecule is O=C(N[C@H]1CCn2nccc2C1)c1ccc(Cl)s1. The summed E-state index contributed by atoms with van der Waals surface area (Å²) in [7, 11) is 0. The Balaban J connectivity index is 1.66. The summed E-state index contributed by atoms with van der Waals surface area (Å²) >= 11 is 7.13. The second-order valence-electron chi connectivity index (χ2n) is 4.31. The molecule has 0 bridgehead atoms. The molecule has 1 amide bonds. The van der Waals surface area contributed by atoms with Gasteiger partial charge in [0.25, 0.3) is 5.91 Å². The fourth-order valence-electron chi connectivity index (χ4n) is 2.18. The van der Waals surface area contributed by atoms with Crippen LogP contribution in [-0.4, -0.2) is 21.7 Å². The van der Waals surface area contributed by atoms with Crippen molar-refractivity contribution in [1.29, 1.82) is 0 Å². The highest BCUT2D eigenvalue weighted by Gasteiger charge is 2.21. The van der Waals surface area contributed by atoms with Crippen molar-refractivity contribution in [1.82, 2.24) is 15.1 Å². The second-order valence-corrected chi connectivity index (χ2v) is 6.03. The Morgan fingerprint density at radius 1 is 1.50 bits per heavy atom. The van der Waals surface area contributed by atoms with Gasteiger partial charge in [0, 0.05) is 30.9 Å². The number of rotatable bonds is 2. The Hall–Kier alpha value is -1.33. The Bertz CT molecular complexity index is 577. The van der Waals surface area contributed by atoms with E-state index in [-0.39, 0.29) is 11.9 Å². The van der Waals surface area contributed by atoms with Crippen molar-refractivity contribution in [3.05, 3.63) is 39.3 Å². The molecule has 1 N–H and O–H groups in total. The van der Waals surface area contributed by atoms with E-state index < -0.39 is 0 Å². The standard InChI is InChI=1S/C12H12ClN3OS/c13-11-2-1-10(18-11)12(17)15-8-4-6-16-9(7-8)3-5-14-16/h1-3,5,8H,4,6-7H2,(H,15,17)/t8-/m0/s1. The number of halogens is 1. The van der Waals surface area contributed by atoms with Crippen LogP contribution in [0.2, 0.25) is 4.34 Å². The molecule has 0 aliphatic carbocycles. The number of aromatic nitrogens is 2. The molecule has 4 nitrogen and oxygen atoms in total. The number of carbonyl (C=O) groups is 1. The summed E-state index contributed by atoms with van der Waals surface area (Å²) in [6.07, 6.45) is 3.56. The molecule has 0 aromatic carbocycles. The number of amides is 1. The first kappa shape index (κ1) is 11.7. The maximum atomic E-state index is 12.0. The average Bonchev–Trinajstić information content (AvgIpc) is 2.96. The molecule has 3 heterocycles. The van der Waals surface area contributed by atoms with Crippen LogP contribution >= 0.6 is 22.9 Å². The number of aryl methyl sites for hydroxylation is 1. The molecule has 2 aromatic heterocycles. The van der Waals surface area contributed by atoms with Gasteiger partial charge in [-0.15, -0.1) is 11.3 Å². The Labute approximate surface area is 114 Å². The van der Waals surface area contributed by atoms with Gasteiger partial charge >= 0.3 is 0 Å². The van der Waals surface area contributed by atoms with Gasteiger partial charge in [-0.25, -0.2) is 0 Å². The monoisotopic (exact) mass is 281 g/mol. The molecule has 0 unspecified atom stereocenters. The van der Waals surface area contributed by atoms with Gasteiger partial charge in [-0.3, -0.25) is 9.48 Å². The molecular weight excluding hydrogens is 270 g/mol. The van der Waals surface area contributed by atoms with E-state index in [0.29, 0.717) is 9.21 Å². The van der Waals surface area contributed by atoms with Crippen molar-refractivity contribution in [2.45, 2.75) is 25.4 Å². The minimum Gasteiger partial charge on any atom is -0.348 e. The van der Waals surface area contributed by atoms with E-state index in [4.69, 9.17) is 11.6 Å². The van der Waals surface area contributed by atoms with Gasteiger partial charge in [0.05, 0.1) is 9.21 Å². The van der Waals surface area contributed by atoms with E-state index in [1.54, 1.807) is 18.3 Å². The minimum absolute atomic E-state index is 0.0372. The highest BCUT2D eigenvalue weighted by molar-refractivity contribution is 7.17. The quantitative estimate of drug-likeness (QED) is 0.918. The highest BCUT2D eigenvalue weighted by Crippen LogP contribution is 2.22. The van der Waals surface area contributed by atoms with E-state index in [1.165, 1.54) is 17.0 Å². The Morgan fingerprint density at radius 3 is 3.17 bits per heavy atom. The third kappa shape index (κ3) is 2.28. The lowest BCUT2D eigenvalue weighted by Crippen LogP contribution is -2.39. The molecule has 3 rings (SSSR count). The van der Waals surface area contributed by atoms with E-state index in [0.717, 1.165) is 19.4 Å². The van der Waals surface area contributed by atoms with Crippen molar-refractivity contribution in [3.8, 4) is 0 Å². The summed E-state index contributed by atoms with van der Waals surface area (Å²) in [6.45, 7) is 0.860. The number of carbonyl (C=O) groups excluding carboxylic acids is 1. The molecule has 1 atom stereocenters. The summed E-state index contributed by atoms with van der Waals surface area (Å²) < 4.78 is 2.63. The lowest BCUT2D eigenvalue weighted by molar-refractivity contribution is 0.0934. The van der Waals surface area contributed by atoms with Crippen LogP contribution in [0.5, 0.6) is 0 Å². The molecular formula is C12H12ClN3OS. The fraction of sp³-hybridized carbons (Fsp3) is 0.333. The third-order valence-electron chi connectivity index (χ3n) is 3.08. The van der Waals surface area contributed by atoms with E-state index in [1.807, 2.05) is 10.7 Å². The van der Waals surface area contributed by atoms with Gasteiger partial charge in [-0.1, -0.05) is 11.6 Å². The van der Waals surface area contributed by atoms with E-state index in [9.17, 15) is 4.79 Å². The van der Waals surface area contributed by atoms with Gasteiger partial charge in [-0.05, 0) is 24.6 Å². The lowest BCUT2D eigenvalue weighted by atomic mass is 10.0. The van der Waals surface area contributed by atoms with Crippen LogP contribution in [0.1, 0.15) is 21.8 Å². The molecule has 18 heavy (non-hydrogen) atoms. The molecule has 0 saturated heterocycles. The van der Waals surface area contributed by atoms with Crippen LogP contribution < -0.4 is 5.32 Å². The number of nitrogens with one attached hydrogen (secondary N) is 1. The van der Waals surface area contributed by atoms with Crippen LogP contribution in [-0.2, 0) is 13.0 Å². The van der Waals surface area contributed by atoms with Crippen LogP contribution in [0.3, 0.4) is 0 Å². The molecule has 94 valence electrons. The van der Waals surface area contributed by atoms with E-state index in [2.05, 4.69) is 10.4 Å². The molecule has 0 spiro atoms. The van der Waals surface area contributed by atoms with Crippen molar-refractivity contribution in [3.63, 3.8) is 0 Å². The van der Waals surface area contributed by atoms with Crippen molar-refractivity contribution >= 4 is 28.8 Å². The zero-order valence-electron chi connectivity index (χ0n) is 9.60. The fourth-order valence-corrected chi connectivity index (χ4v) is 3.13. The topological polar surface area (TPSA) is 46.9 Å². The summed E-state index contributed by atoms with van der Waals surface area (Å²) in [5.74, 6) is -0.0372. The largest absolute Gasteiger partial charge is 0.348 e. The van der Waals surface area contributed by atoms with Gasteiger partial charge in [0.1, 0.15) is 0 Å². The van der Waals surface area contributed by atoms with Crippen LogP contribution in [0.25, 0.3) is 0 Å². The maximum Gasteiger partial charge on any atom is 0.261 e. The lowest BCUT2D eigenvalue weighted by Gasteiger charge is -2.24. The first-order chi connectivity index (χ1) is 8.72. The summed E-state index contributed by atoms with van der Waals surface area (Å²) in [6, 6.07) is 5.69. The number of hydrogen-bond donors (Lipinski definition) is 1. The maximum absolute atomic E-state index is 12.0. The zero-order chi connectivity index (χ0) is 12.5. The van der Waals surface area contributed by atoms with Gasteiger partial charge in [0.15, 0.2) is 0 Å². The van der Waals surface area contributed by atoms with Crippen LogP contribution in [0, 0.1) is 0 Å². The first-order valence-electron chi connectivity index (χ1n) is 5.79. The summed E-state index contributed by atoms with van der Waals surface area (Å²) in [5.41, 5.74) is 1.18. The predicted octanol–water partition coefficient (Wildman–Crippen LogP) is 2.34. The zero-order valence-corrected chi connectivity index (χ0v) is 11.2. The van der Waals surface area contributed by atoms with Gasteiger partial charge in [-0.2, -0.15) is 5.10 Å². The normalized spacial score (nSPS) is 18.4. The van der Waals surface area contributed by atoms with E-state index >= 15 is 0 Å². The number of fused-ring (bicyclic) bond motifs is 1. The summed E-state index contributed by atoms with van der Waals surface area (Å²) in [4.78, 5) is 12.7. The predicted molar refractivity (Wildman–Crippen MR) is 71.1 cm³/mol. The number of hydrogen-bond acceptors (Lipinski definition) is 3. The smallest absolute Gasteiger partial charge is 0.261 e. The number of thiophene rings is 1. The van der Waals surface area contributed by atoms with Gasteiger partial charge < -0.3 is 5.32 Å². The Morgan fingerprint density at radius 2 is 2.39 bits per heavy atom. The molecule has 1 aliphatic heterocycles. The Kier molecular flexibility index (Phi) is 3.09. The average molecular weight is 282 g/mol. The molecule has 0 fully saturated rings. The van der Waals surface area contributed by atoms with Gasteiger partial charge in [0.2, 0.25) is 0 Å². The second kappa shape index (κ2) is 4.74. The molecule has 0 saturated carbocycles. The minimum atomic E-state index is -0.0372.